The van der Waals surface area contributed by atoms with Gasteiger partial charge in [-0.25, -0.2) is 4.98 Å². The van der Waals surface area contributed by atoms with Gasteiger partial charge < -0.3 is 9.73 Å². The van der Waals surface area contributed by atoms with Gasteiger partial charge in [0.05, 0.1) is 0 Å². The zero-order valence-electron chi connectivity index (χ0n) is 14.6. The van der Waals surface area contributed by atoms with Crippen molar-refractivity contribution >= 4 is 28.5 Å². The Balaban J connectivity index is 1.61. The lowest BCUT2D eigenvalue weighted by atomic mass is 9.99. The molecule has 0 saturated carbocycles. The zero-order chi connectivity index (χ0) is 18.0. The normalized spacial score (nSPS) is 10.8. The number of fused-ring (bicyclic) bond motifs is 1. The van der Waals surface area contributed by atoms with Crippen molar-refractivity contribution in [2.24, 2.45) is 0 Å². The molecular formula is C20H20N2O3. The van der Waals surface area contributed by atoms with Crippen LogP contribution in [0.4, 0.5) is 5.69 Å². The third kappa shape index (κ3) is 3.94. The molecule has 25 heavy (non-hydrogen) atoms. The van der Waals surface area contributed by atoms with Crippen molar-refractivity contribution in [1.82, 2.24) is 4.98 Å². The summed E-state index contributed by atoms with van der Waals surface area (Å²) in [6, 6.07) is 11.1. The molecule has 1 amide bonds. The number of carbonyl (C=O) groups excluding carboxylic acids is 2. The van der Waals surface area contributed by atoms with Crippen molar-refractivity contribution in [2.45, 2.75) is 33.6 Å². The number of oxazole rings is 1. The first-order valence-electron chi connectivity index (χ1n) is 8.20. The third-order valence-corrected chi connectivity index (χ3v) is 4.05. The van der Waals surface area contributed by atoms with E-state index >= 15 is 0 Å². The predicted molar refractivity (Wildman–Crippen MR) is 96.9 cm³/mol. The molecule has 2 aromatic carbocycles. The summed E-state index contributed by atoms with van der Waals surface area (Å²) >= 11 is 0. The highest BCUT2D eigenvalue weighted by Gasteiger charge is 2.12. The molecule has 128 valence electrons. The number of hydrogen-bond acceptors (Lipinski definition) is 4. The summed E-state index contributed by atoms with van der Waals surface area (Å²) in [6.45, 7) is 5.63. The van der Waals surface area contributed by atoms with Crippen LogP contribution in [0.25, 0.3) is 11.1 Å². The smallest absolute Gasteiger partial charge is 0.224 e. The monoisotopic (exact) mass is 336 g/mol. The highest BCUT2D eigenvalue weighted by Crippen LogP contribution is 2.20. The van der Waals surface area contributed by atoms with Crippen molar-refractivity contribution in [1.29, 1.82) is 0 Å². The van der Waals surface area contributed by atoms with E-state index in [1.165, 1.54) is 0 Å². The fourth-order valence-corrected chi connectivity index (χ4v) is 2.74. The molecular weight excluding hydrogens is 316 g/mol. The number of rotatable bonds is 5. The van der Waals surface area contributed by atoms with E-state index in [1.54, 1.807) is 25.1 Å². The van der Waals surface area contributed by atoms with Crippen LogP contribution < -0.4 is 5.32 Å². The van der Waals surface area contributed by atoms with Crippen LogP contribution in [-0.2, 0) is 4.79 Å². The quantitative estimate of drug-likeness (QED) is 0.703. The zero-order valence-corrected chi connectivity index (χ0v) is 14.6. The fourth-order valence-electron chi connectivity index (χ4n) is 2.74. The summed E-state index contributed by atoms with van der Waals surface area (Å²) in [5, 5.41) is 2.80. The number of Topliss-reactive ketones (excluding diaryl/α,β-unsaturated/α-hetero) is 1. The highest BCUT2D eigenvalue weighted by molar-refractivity contribution is 6.01. The van der Waals surface area contributed by atoms with Gasteiger partial charge in [-0.1, -0.05) is 17.7 Å². The number of anilines is 1. The predicted octanol–water partition coefficient (Wildman–Crippen LogP) is 4.35. The van der Waals surface area contributed by atoms with Crippen LogP contribution in [0.3, 0.4) is 0 Å². The number of aryl methyl sites for hydroxylation is 3. The molecule has 0 saturated heterocycles. The van der Waals surface area contributed by atoms with Crippen LogP contribution in [0, 0.1) is 20.8 Å². The van der Waals surface area contributed by atoms with E-state index in [2.05, 4.69) is 10.3 Å². The summed E-state index contributed by atoms with van der Waals surface area (Å²) in [5.41, 5.74) is 4.68. The minimum Gasteiger partial charge on any atom is -0.441 e. The van der Waals surface area contributed by atoms with Crippen molar-refractivity contribution in [3.05, 3.63) is 59.0 Å². The summed E-state index contributed by atoms with van der Waals surface area (Å²) in [4.78, 5) is 28.7. The van der Waals surface area contributed by atoms with E-state index in [4.69, 9.17) is 4.42 Å². The number of aromatic nitrogens is 1. The molecule has 0 aliphatic carbocycles. The number of hydrogen-bond donors (Lipinski definition) is 1. The molecule has 1 heterocycles. The van der Waals surface area contributed by atoms with Crippen molar-refractivity contribution in [2.75, 3.05) is 5.32 Å². The molecule has 0 atom stereocenters. The second-order valence-corrected chi connectivity index (χ2v) is 6.21. The molecule has 0 radical (unpaired) electrons. The lowest BCUT2D eigenvalue weighted by Gasteiger charge is -2.07. The Kier molecular flexibility index (Phi) is 4.65. The maximum absolute atomic E-state index is 12.3. The van der Waals surface area contributed by atoms with E-state index in [0.717, 1.165) is 11.1 Å². The average molecular weight is 336 g/mol. The van der Waals surface area contributed by atoms with Crippen LogP contribution >= 0.6 is 0 Å². The SMILES string of the molecule is Cc1ccc(C)c(C(=O)CCC(=O)Nc2ccc3oc(C)nc3c2)c1. The average Bonchev–Trinajstić information content (AvgIpc) is 2.94. The maximum Gasteiger partial charge on any atom is 0.224 e. The van der Waals surface area contributed by atoms with Gasteiger partial charge in [0, 0.05) is 31.0 Å². The largest absolute Gasteiger partial charge is 0.441 e. The minimum absolute atomic E-state index is 0.0149. The van der Waals surface area contributed by atoms with Gasteiger partial charge in [-0.05, 0) is 43.7 Å². The van der Waals surface area contributed by atoms with Gasteiger partial charge in [-0.2, -0.15) is 0 Å². The van der Waals surface area contributed by atoms with Gasteiger partial charge >= 0.3 is 0 Å². The van der Waals surface area contributed by atoms with Gasteiger partial charge in [0.25, 0.3) is 0 Å². The Morgan fingerprint density at radius 2 is 1.84 bits per heavy atom. The van der Waals surface area contributed by atoms with Crippen LogP contribution in [0.5, 0.6) is 0 Å². The Bertz CT molecular complexity index is 957. The molecule has 0 aliphatic rings. The van der Waals surface area contributed by atoms with Crippen LogP contribution in [0.15, 0.2) is 40.8 Å². The van der Waals surface area contributed by atoms with Crippen LogP contribution in [0.2, 0.25) is 0 Å². The van der Waals surface area contributed by atoms with Gasteiger partial charge in [0.15, 0.2) is 17.3 Å². The Labute approximate surface area is 146 Å². The van der Waals surface area contributed by atoms with E-state index < -0.39 is 0 Å². The minimum atomic E-state index is -0.196. The number of amides is 1. The second kappa shape index (κ2) is 6.89. The molecule has 0 bridgehead atoms. The summed E-state index contributed by atoms with van der Waals surface area (Å²) in [7, 11) is 0. The lowest BCUT2D eigenvalue weighted by Crippen LogP contribution is -2.14. The van der Waals surface area contributed by atoms with E-state index in [9.17, 15) is 9.59 Å². The van der Waals surface area contributed by atoms with Crippen molar-refractivity contribution < 1.29 is 14.0 Å². The topological polar surface area (TPSA) is 72.2 Å². The first-order chi connectivity index (χ1) is 11.9. The van der Waals surface area contributed by atoms with E-state index in [-0.39, 0.29) is 24.5 Å². The first-order valence-corrected chi connectivity index (χ1v) is 8.20. The van der Waals surface area contributed by atoms with Gasteiger partial charge in [-0.3, -0.25) is 9.59 Å². The van der Waals surface area contributed by atoms with E-state index in [0.29, 0.717) is 28.2 Å². The summed E-state index contributed by atoms with van der Waals surface area (Å²) < 4.78 is 5.41. The lowest BCUT2D eigenvalue weighted by molar-refractivity contribution is -0.116. The molecule has 0 aliphatic heterocycles. The molecule has 0 spiro atoms. The van der Waals surface area contributed by atoms with Crippen LogP contribution in [0.1, 0.15) is 40.2 Å². The Morgan fingerprint density at radius 1 is 1.04 bits per heavy atom. The highest BCUT2D eigenvalue weighted by atomic mass is 16.3. The van der Waals surface area contributed by atoms with E-state index in [1.807, 2.05) is 32.0 Å². The molecule has 0 unspecified atom stereocenters. The van der Waals surface area contributed by atoms with Crippen molar-refractivity contribution in [3.63, 3.8) is 0 Å². The van der Waals surface area contributed by atoms with Crippen LogP contribution in [-0.4, -0.2) is 16.7 Å². The number of ketones is 1. The Hall–Kier alpha value is -2.95. The third-order valence-electron chi connectivity index (χ3n) is 4.05. The second-order valence-electron chi connectivity index (χ2n) is 6.21. The van der Waals surface area contributed by atoms with Gasteiger partial charge in [-0.15, -0.1) is 0 Å². The number of carbonyl (C=O) groups is 2. The molecule has 5 nitrogen and oxygen atoms in total. The summed E-state index contributed by atoms with van der Waals surface area (Å²) in [6.07, 6.45) is 0.323. The molecule has 1 aromatic heterocycles. The van der Waals surface area contributed by atoms with Gasteiger partial charge in [0.2, 0.25) is 5.91 Å². The first kappa shape index (κ1) is 16.9. The number of benzene rings is 2. The standard InChI is InChI=1S/C20H20N2O3/c1-12-4-5-13(2)16(10-12)18(23)7-9-20(24)22-15-6-8-19-17(11-15)21-14(3)25-19/h4-6,8,10-11H,7,9H2,1-3H3,(H,22,24). The molecule has 1 N–H and O–H groups in total. The number of nitrogens with zero attached hydrogens (tertiary/aromatic N) is 1. The fraction of sp³-hybridized carbons (Fsp3) is 0.250. The molecule has 5 heteroatoms. The summed E-state index contributed by atoms with van der Waals surface area (Å²) in [5.74, 6) is 0.370. The Morgan fingerprint density at radius 3 is 2.64 bits per heavy atom. The molecule has 3 aromatic rings. The maximum atomic E-state index is 12.3. The van der Waals surface area contributed by atoms with Crippen molar-refractivity contribution in [3.8, 4) is 0 Å². The number of nitrogens with one attached hydrogen (secondary N) is 1. The molecule has 3 rings (SSSR count). The molecule has 0 fully saturated rings. The van der Waals surface area contributed by atoms with Gasteiger partial charge in [0.1, 0.15) is 5.52 Å².